The number of ether oxygens (including phenoxy) is 1. The molecule has 2 aromatic carbocycles. The maximum atomic E-state index is 8.97. The number of benzene rings is 2. The molecule has 0 bridgehead atoms. The van der Waals surface area contributed by atoms with Crippen molar-refractivity contribution in [2.24, 2.45) is 0 Å². The van der Waals surface area contributed by atoms with Crippen LogP contribution in [0.1, 0.15) is 26.3 Å². The number of hydrogen-bond donors (Lipinski definition) is 1. The van der Waals surface area contributed by atoms with Crippen LogP contribution in [0.3, 0.4) is 0 Å². The van der Waals surface area contributed by atoms with Crippen LogP contribution in [0.5, 0.6) is 5.75 Å². The molecule has 0 aliphatic rings. The van der Waals surface area contributed by atoms with Crippen LogP contribution >= 0.6 is 0 Å². The van der Waals surface area contributed by atoms with Gasteiger partial charge in [0.25, 0.3) is 0 Å². The van der Waals surface area contributed by atoms with Gasteiger partial charge in [0.05, 0.1) is 6.61 Å². The SMILES string of the molecule is CC(C)(C)c1ccc2ccccc2c1OCCO. The van der Waals surface area contributed by atoms with Crippen molar-refractivity contribution in [3.05, 3.63) is 42.0 Å². The van der Waals surface area contributed by atoms with Gasteiger partial charge < -0.3 is 9.84 Å². The quantitative estimate of drug-likeness (QED) is 0.895. The predicted molar refractivity (Wildman–Crippen MR) is 75.2 cm³/mol. The molecule has 0 fully saturated rings. The smallest absolute Gasteiger partial charge is 0.130 e. The Balaban J connectivity index is 2.63. The molecule has 0 radical (unpaired) electrons. The molecular formula is C16H20O2. The highest BCUT2D eigenvalue weighted by Crippen LogP contribution is 2.37. The molecule has 0 aromatic heterocycles. The van der Waals surface area contributed by atoms with Gasteiger partial charge in [-0.05, 0) is 10.8 Å². The zero-order valence-electron chi connectivity index (χ0n) is 11.2. The van der Waals surface area contributed by atoms with Gasteiger partial charge in [-0.15, -0.1) is 0 Å². The molecule has 96 valence electrons. The van der Waals surface area contributed by atoms with E-state index in [2.05, 4.69) is 45.0 Å². The monoisotopic (exact) mass is 244 g/mol. The zero-order chi connectivity index (χ0) is 13.2. The van der Waals surface area contributed by atoms with Crippen LogP contribution in [-0.4, -0.2) is 18.3 Å². The van der Waals surface area contributed by atoms with Crippen molar-refractivity contribution in [3.8, 4) is 5.75 Å². The van der Waals surface area contributed by atoms with Crippen molar-refractivity contribution in [3.63, 3.8) is 0 Å². The minimum Gasteiger partial charge on any atom is -0.490 e. The van der Waals surface area contributed by atoms with E-state index in [-0.39, 0.29) is 12.0 Å². The summed E-state index contributed by atoms with van der Waals surface area (Å²) in [7, 11) is 0. The number of fused-ring (bicyclic) bond motifs is 1. The minimum absolute atomic E-state index is 0.0226. The van der Waals surface area contributed by atoms with E-state index in [1.54, 1.807) is 0 Å². The van der Waals surface area contributed by atoms with Crippen LogP contribution in [0.2, 0.25) is 0 Å². The average molecular weight is 244 g/mol. The van der Waals surface area contributed by atoms with Crippen molar-refractivity contribution in [1.82, 2.24) is 0 Å². The molecule has 1 N–H and O–H groups in total. The minimum atomic E-state index is 0.0226. The molecule has 2 heteroatoms. The lowest BCUT2D eigenvalue weighted by atomic mass is 9.85. The molecule has 0 aliphatic carbocycles. The van der Waals surface area contributed by atoms with Crippen molar-refractivity contribution >= 4 is 10.8 Å². The third-order valence-corrected chi connectivity index (χ3v) is 3.03. The second-order valence-corrected chi connectivity index (χ2v) is 5.49. The molecule has 2 nitrogen and oxygen atoms in total. The first-order valence-electron chi connectivity index (χ1n) is 6.30. The highest BCUT2D eigenvalue weighted by molar-refractivity contribution is 5.90. The van der Waals surface area contributed by atoms with Gasteiger partial charge in [-0.1, -0.05) is 57.2 Å². The summed E-state index contributed by atoms with van der Waals surface area (Å²) in [6, 6.07) is 12.4. The van der Waals surface area contributed by atoms with Gasteiger partial charge in [0.2, 0.25) is 0 Å². The summed E-state index contributed by atoms with van der Waals surface area (Å²) in [4.78, 5) is 0. The van der Waals surface area contributed by atoms with Crippen LogP contribution in [0, 0.1) is 0 Å². The molecule has 0 atom stereocenters. The Morgan fingerprint density at radius 3 is 2.44 bits per heavy atom. The highest BCUT2D eigenvalue weighted by Gasteiger charge is 2.20. The molecule has 0 amide bonds. The third kappa shape index (κ3) is 2.49. The van der Waals surface area contributed by atoms with Gasteiger partial charge in [0.1, 0.15) is 12.4 Å². The number of rotatable bonds is 3. The van der Waals surface area contributed by atoms with Crippen LogP contribution in [0.15, 0.2) is 36.4 Å². The van der Waals surface area contributed by atoms with E-state index in [1.165, 1.54) is 10.9 Å². The molecule has 0 saturated heterocycles. The van der Waals surface area contributed by atoms with E-state index in [1.807, 2.05) is 12.1 Å². The standard InChI is InChI=1S/C16H20O2/c1-16(2,3)14-9-8-12-6-4-5-7-13(12)15(14)18-11-10-17/h4-9,17H,10-11H2,1-3H3. The fraction of sp³-hybridized carbons (Fsp3) is 0.375. The average Bonchev–Trinajstić information content (AvgIpc) is 2.34. The summed E-state index contributed by atoms with van der Waals surface area (Å²) in [5, 5.41) is 11.2. The number of hydrogen-bond acceptors (Lipinski definition) is 2. The maximum absolute atomic E-state index is 8.97. The van der Waals surface area contributed by atoms with E-state index in [9.17, 15) is 0 Å². The molecule has 0 saturated carbocycles. The van der Waals surface area contributed by atoms with Crippen molar-refractivity contribution in [2.45, 2.75) is 26.2 Å². The van der Waals surface area contributed by atoms with Gasteiger partial charge in [-0.2, -0.15) is 0 Å². The molecule has 0 heterocycles. The van der Waals surface area contributed by atoms with E-state index < -0.39 is 0 Å². The Hall–Kier alpha value is -1.54. The summed E-state index contributed by atoms with van der Waals surface area (Å²) in [6.07, 6.45) is 0. The first-order valence-corrected chi connectivity index (χ1v) is 6.30. The number of aliphatic hydroxyl groups excluding tert-OH is 1. The molecule has 18 heavy (non-hydrogen) atoms. The zero-order valence-corrected chi connectivity index (χ0v) is 11.2. The van der Waals surface area contributed by atoms with Crippen LogP contribution in [0.4, 0.5) is 0 Å². The lowest BCUT2D eigenvalue weighted by molar-refractivity contribution is 0.200. The van der Waals surface area contributed by atoms with Crippen LogP contribution < -0.4 is 4.74 Å². The molecule has 0 unspecified atom stereocenters. The van der Waals surface area contributed by atoms with Gasteiger partial charge in [0.15, 0.2) is 0 Å². The molecule has 0 aliphatic heterocycles. The van der Waals surface area contributed by atoms with Crippen LogP contribution in [-0.2, 0) is 5.41 Å². The van der Waals surface area contributed by atoms with E-state index in [0.717, 1.165) is 11.1 Å². The van der Waals surface area contributed by atoms with E-state index in [4.69, 9.17) is 9.84 Å². The second kappa shape index (κ2) is 4.99. The molecule has 2 aromatic rings. The summed E-state index contributed by atoms with van der Waals surface area (Å²) < 4.78 is 5.78. The molecule has 0 spiro atoms. The summed E-state index contributed by atoms with van der Waals surface area (Å²) in [6.45, 7) is 6.87. The Kier molecular flexibility index (Phi) is 3.58. The van der Waals surface area contributed by atoms with Crippen molar-refractivity contribution in [2.75, 3.05) is 13.2 Å². The predicted octanol–water partition coefficient (Wildman–Crippen LogP) is 3.51. The fourth-order valence-electron chi connectivity index (χ4n) is 2.14. The Bertz CT molecular complexity index is 538. The summed E-state index contributed by atoms with van der Waals surface area (Å²) in [5.74, 6) is 0.898. The first kappa shape index (κ1) is 12.9. The van der Waals surface area contributed by atoms with Gasteiger partial charge in [-0.25, -0.2) is 0 Å². The van der Waals surface area contributed by atoms with Gasteiger partial charge in [0, 0.05) is 10.9 Å². The first-order chi connectivity index (χ1) is 8.54. The van der Waals surface area contributed by atoms with E-state index in [0.29, 0.717) is 6.61 Å². The largest absolute Gasteiger partial charge is 0.490 e. The Morgan fingerprint density at radius 1 is 1.06 bits per heavy atom. The van der Waals surface area contributed by atoms with Crippen LogP contribution in [0.25, 0.3) is 10.8 Å². The van der Waals surface area contributed by atoms with Crippen molar-refractivity contribution in [1.29, 1.82) is 0 Å². The normalized spacial score (nSPS) is 11.8. The lowest BCUT2D eigenvalue weighted by Crippen LogP contribution is -2.14. The lowest BCUT2D eigenvalue weighted by Gasteiger charge is -2.24. The second-order valence-electron chi connectivity index (χ2n) is 5.49. The van der Waals surface area contributed by atoms with E-state index >= 15 is 0 Å². The summed E-state index contributed by atoms with van der Waals surface area (Å²) in [5.41, 5.74) is 1.20. The highest BCUT2D eigenvalue weighted by atomic mass is 16.5. The third-order valence-electron chi connectivity index (χ3n) is 3.03. The van der Waals surface area contributed by atoms with Gasteiger partial charge >= 0.3 is 0 Å². The Morgan fingerprint density at radius 2 is 1.78 bits per heavy atom. The number of aliphatic hydroxyl groups is 1. The molecular weight excluding hydrogens is 224 g/mol. The maximum Gasteiger partial charge on any atom is 0.130 e. The molecule has 2 rings (SSSR count). The van der Waals surface area contributed by atoms with Gasteiger partial charge in [-0.3, -0.25) is 0 Å². The summed E-state index contributed by atoms with van der Waals surface area (Å²) >= 11 is 0. The fourth-order valence-corrected chi connectivity index (χ4v) is 2.14. The Labute approximate surface area is 108 Å². The topological polar surface area (TPSA) is 29.5 Å². The van der Waals surface area contributed by atoms with Crippen molar-refractivity contribution < 1.29 is 9.84 Å².